The van der Waals surface area contributed by atoms with Crippen LogP contribution in [-0.4, -0.2) is 28.7 Å². The molecule has 3 aromatic rings. The Morgan fingerprint density at radius 2 is 1.74 bits per heavy atom. The molecule has 1 saturated heterocycles. The normalized spacial score (nSPS) is 14.5. The number of piperidine rings is 1. The highest BCUT2D eigenvalue weighted by atomic mass is 19.1. The summed E-state index contributed by atoms with van der Waals surface area (Å²) in [4.78, 5) is 20.2. The minimum Gasteiger partial charge on any atom is -0.342 e. The van der Waals surface area contributed by atoms with Crippen LogP contribution >= 0.6 is 0 Å². The standard InChI is InChI=1S/C23H21F2N5O/c1-29-22(31)20(14-4-6-17(24)7-5-14)21(15-2-3-16(13-26)19(25)12-15)28-23(29)30-10-8-18(27)9-11-30/h2-7,12,18H,8-11,27H2,1H3. The van der Waals surface area contributed by atoms with E-state index >= 15 is 0 Å². The van der Waals surface area contributed by atoms with Crippen LogP contribution in [0.3, 0.4) is 0 Å². The van der Waals surface area contributed by atoms with E-state index < -0.39 is 11.6 Å². The summed E-state index contributed by atoms with van der Waals surface area (Å²) in [6, 6.07) is 11.5. The van der Waals surface area contributed by atoms with Gasteiger partial charge >= 0.3 is 0 Å². The van der Waals surface area contributed by atoms with Crippen molar-refractivity contribution in [3.8, 4) is 28.5 Å². The van der Waals surface area contributed by atoms with Crippen LogP contribution < -0.4 is 16.2 Å². The summed E-state index contributed by atoms with van der Waals surface area (Å²) in [6.07, 6.45) is 1.55. The largest absolute Gasteiger partial charge is 0.342 e. The van der Waals surface area contributed by atoms with Crippen molar-refractivity contribution in [3.05, 3.63) is 70.0 Å². The lowest BCUT2D eigenvalue weighted by Crippen LogP contribution is -2.42. The van der Waals surface area contributed by atoms with Crippen LogP contribution in [-0.2, 0) is 7.05 Å². The predicted octanol–water partition coefficient (Wildman–Crippen LogP) is 3.19. The molecule has 0 atom stereocenters. The molecule has 1 fully saturated rings. The Bertz CT molecular complexity index is 1220. The molecule has 0 aliphatic carbocycles. The summed E-state index contributed by atoms with van der Waals surface area (Å²) in [7, 11) is 1.63. The summed E-state index contributed by atoms with van der Waals surface area (Å²) < 4.78 is 29.3. The van der Waals surface area contributed by atoms with Crippen LogP contribution in [0.15, 0.2) is 47.3 Å². The maximum Gasteiger partial charge on any atom is 0.263 e. The highest BCUT2D eigenvalue weighted by molar-refractivity contribution is 5.81. The maximum absolute atomic E-state index is 14.4. The fraction of sp³-hybridized carbons (Fsp3) is 0.261. The molecule has 0 unspecified atom stereocenters. The lowest BCUT2D eigenvalue weighted by Gasteiger charge is -2.32. The Balaban J connectivity index is 1.95. The topological polar surface area (TPSA) is 87.9 Å². The molecule has 4 rings (SSSR count). The fourth-order valence-corrected chi connectivity index (χ4v) is 3.81. The molecule has 31 heavy (non-hydrogen) atoms. The van der Waals surface area contributed by atoms with Crippen LogP contribution in [0.4, 0.5) is 14.7 Å². The van der Waals surface area contributed by atoms with Crippen molar-refractivity contribution >= 4 is 5.95 Å². The molecule has 6 nitrogen and oxygen atoms in total. The van der Waals surface area contributed by atoms with Crippen molar-refractivity contribution in [2.45, 2.75) is 18.9 Å². The first-order valence-electron chi connectivity index (χ1n) is 9.96. The summed E-state index contributed by atoms with van der Waals surface area (Å²) in [6.45, 7) is 1.30. The minimum atomic E-state index is -0.696. The van der Waals surface area contributed by atoms with Gasteiger partial charge in [0.25, 0.3) is 5.56 Å². The molecule has 0 saturated carbocycles. The van der Waals surface area contributed by atoms with E-state index in [2.05, 4.69) is 0 Å². The maximum atomic E-state index is 14.4. The van der Waals surface area contributed by atoms with E-state index in [1.807, 2.05) is 4.90 Å². The first-order valence-corrected chi connectivity index (χ1v) is 9.96. The summed E-state index contributed by atoms with van der Waals surface area (Å²) >= 11 is 0. The zero-order chi connectivity index (χ0) is 22.1. The molecule has 2 heterocycles. The van der Waals surface area contributed by atoms with E-state index in [-0.39, 0.29) is 28.4 Å². The Morgan fingerprint density at radius 3 is 2.35 bits per heavy atom. The Morgan fingerprint density at radius 1 is 1.10 bits per heavy atom. The lowest BCUT2D eigenvalue weighted by molar-refractivity contribution is 0.490. The summed E-state index contributed by atoms with van der Waals surface area (Å²) in [5, 5.41) is 9.04. The van der Waals surface area contributed by atoms with Crippen molar-refractivity contribution in [1.82, 2.24) is 9.55 Å². The van der Waals surface area contributed by atoms with E-state index in [1.165, 1.54) is 41.0 Å². The summed E-state index contributed by atoms with van der Waals surface area (Å²) in [5.41, 5.74) is 6.94. The number of anilines is 1. The molecule has 1 aliphatic rings. The second-order valence-electron chi connectivity index (χ2n) is 7.64. The SMILES string of the molecule is Cn1c(N2CCC(N)CC2)nc(-c2ccc(C#N)c(F)c2)c(-c2ccc(F)cc2)c1=O. The molecule has 0 bridgehead atoms. The number of halogens is 2. The smallest absolute Gasteiger partial charge is 0.263 e. The van der Waals surface area contributed by atoms with Gasteiger partial charge in [-0.1, -0.05) is 18.2 Å². The number of rotatable bonds is 3. The van der Waals surface area contributed by atoms with Gasteiger partial charge in [-0.2, -0.15) is 5.26 Å². The number of aromatic nitrogens is 2. The molecular weight excluding hydrogens is 400 g/mol. The van der Waals surface area contributed by atoms with E-state index in [0.29, 0.717) is 30.2 Å². The molecule has 0 amide bonds. The number of benzene rings is 2. The average Bonchev–Trinajstić information content (AvgIpc) is 2.77. The van der Waals surface area contributed by atoms with Crippen molar-refractivity contribution in [2.75, 3.05) is 18.0 Å². The van der Waals surface area contributed by atoms with Crippen molar-refractivity contribution in [2.24, 2.45) is 12.8 Å². The highest BCUT2D eigenvalue weighted by Gasteiger charge is 2.24. The predicted molar refractivity (Wildman–Crippen MR) is 114 cm³/mol. The van der Waals surface area contributed by atoms with Gasteiger partial charge < -0.3 is 10.6 Å². The molecule has 1 aliphatic heterocycles. The van der Waals surface area contributed by atoms with Gasteiger partial charge in [0.2, 0.25) is 5.95 Å². The summed E-state index contributed by atoms with van der Waals surface area (Å²) in [5.74, 6) is -0.665. The molecular formula is C23H21F2N5O. The first kappa shape index (κ1) is 20.7. The number of nitrogens with two attached hydrogens (primary N) is 1. The van der Waals surface area contributed by atoms with Gasteiger partial charge in [0, 0.05) is 31.7 Å². The highest BCUT2D eigenvalue weighted by Crippen LogP contribution is 2.31. The minimum absolute atomic E-state index is 0.0962. The van der Waals surface area contributed by atoms with E-state index in [1.54, 1.807) is 19.2 Å². The second kappa shape index (κ2) is 8.28. The van der Waals surface area contributed by atoms with Crippen LogP contribution in [0.5, 0.6) is 0 Å². The first-order chi connectivity index (χ1) is 14.9. The molecule has 158 valence electrons. The van der Waals surface area contributed by atoms with Gasteiger partial charge in [0.1, 0.15) is 17.7 Å². The van der Waals surface area contributed by atoms with E-state index in [0.717, 1.165) is 12.8 Å². The van der Waals surface area contributed by atoms with Gasteiger partial charge in [-0.05, 0) is 42.7 Å². The molecule has 2 N–H and O–H groups in total. The van der Waals surface area contributed by atoms with E-state index in [9.17, 15) is 13.6 Å². The Kier molecular flexibility index (Phi) is 5.53. The van der Waals surface area contributed by atoms with Crippen LogP contribution in [0.25, 0.3) is 22.4 Å². The zero-order valence-electron chi connectivity index (χ0n) is 17.0. The Hall–Kier alpha value is -3.57. The van der Waals surface area contributed by atoms with Crippen molar-refractivity contribution < 1.29 is 8.78 Å². The number of nitrogens with zero attached hydrogens (tertiary/aromatic N) is 4. The Labute approximate surface area is 178 Å². The monoisotopic (exact) mass is 421 g/mol. The van der Waals surface area contributed by atoms with Gasteiger partial charge in [-0.25, -0.2) is 13.8 Å². The molecule has 8 heteroatoms. The van der Waals surface area contributed by atoms with Crippen LogP contribution in [0, 0.1) is 23.0 Å². The third-order valence-electron chi connectivity index (χ3n) is 5.59. The second-order valence-corrected chi connectivity index (χ2v) is 7.64. The third kappa shape index (κ3) is 3.92. The van der Waals surface area contributed by atoms with Crippen molar-refractivity contribution in [3.63, 3.8) is 0 Å². The van der Waals surface area contributed by atoms with Gasteiger partial charge in [-0.15, -0.1) is 0 Å². The number of hydrogen-bond donors (Lipinski definition) is 1. The molecule has 2 aromatic carbocycles. The third-order valence-corrected chi connectivity index (χ3v) is 5.59. The average molecular weight is 421 g/mol. The van der Waals surface area contributed by atoms with Crippen molar-refractivity contribution in [1.29, 1.82) is 5.26 Å². The number of nitriles is 1. The van der Waals surface area contributed by atoms with Gasteiger partial charge in [-0.3, -0.25) is 9.36 Å². The molecule has 1 aromatic heterocycles. The number of hydrogen-bond acceptors (Lipinski definition) is 5. The molecule has 0 spiro atoms. The van der Waals surface area contributed by atoms with Crippen LogP contribution in [0.2, 0.25) is 0 Å². The lowest BCUT2D eigenvalue weighted by atomic mass is 9.99. The quantitative estimate of drug-likeness (QED) is 0.702. The van der Waals surface area contributed by atoms with Crippen LogP contribution in [0.1, 0.15) is 18.4 Å². The van der Waals surface area contributed by atoms with Gasteiger partial charge in [0.15, 0.2) is 0 Å². The zero-order valence-corrected chi connectivity index (χ0v) is 17.0. The molecule has 0 radical (unpaired) electrons. The van der Waals surface area contributed by atoms with Gasteiger partial charge in [0.05, 0.1) is 16.8 Å². The van der Waals surface area contributed by atoms with E-state index in [4.69, 9.17) is 16.0 Å². The fourth-order valence-electron chi connectivity index (χ4n) is 3.81.